The first-order valence-corrected chi connectivity index (χ1v) is 14.6. The summed E-state index contributed by atoms with van der Waals surface area (Å²) in [7, 11) is 0. The van der Waals surface area contributed by atoms with Crippen LogP contribution in [0.1, 0.15) is 42.4 Å². The molecule has 8 nitrogen and oxygen atoms in total. The topological polar surface area (TPSA) is 115 Å². The molecular formula is C32H29Cl2FN4O4. The van der Waals surface area contributed by atoms with E-state index in [-0.39, 0.29) is 36.9 Å². The van der Waals surface area contributed by atoms with Crippen molar-refractivity contribution in [3.63, 3.8) is 0 Å². The van der Waals surface area contributed by atoms with Crippen LogP contribution in [0.25, 0.3) is 0 Å². The van der Waals surface area contributed by atoms with Crippen molar-refractivity contribution in [2.45, 2.75) is 31.9 Å². The second-order valence-corrected chi connectivity index (χ2v) is 11.0. The number of hydrogen-bond acceptors (Lipinski definition) is 6. The number of aliphatic hydroxyl groups excluding tert-OH is 2. The maximum Gasteiger partial charge on any atom is 0.278 e. The van der Waals surface area contributed by atoms with Gasteiger partial charge in [-0.3, -0.25) is 14.6 Å². The van der Waals surface area contributed by atoms with E-state index in [1.807, 2.05) is 12.1 Å². The van der Waals surface area contributed by atoms with Gasteiger partial charge >= 0.3 is 0 Å². The van der Waals surface area contributed by atoms with Gasteiger partial charge in [0.1, 0.15) is 12.4 Å². The Morgan fingerprint density at radius 1 is 0.953 bits per heavy atom. The predicted molar refractivity (Wildman–Crippen MR) is 167 cm³/mol. The van der Waals surface area contributed by atoms with Gasteiger partial charge in [0.2, 0.25) is 12.1 Å². The summed E-state index contributed by atoms with van der Waals surface area (Å²) in [5, 5.41) is 23.3. The van der Waals surface area contributed by atoms with Gasteiger partial charge in [-0.25, -0.2) is 9.38 Å². The SMILES string of the molecule is O=C1C(O)N=C(c2ccccc2F)c2cc(Cl)ccc2N1CCO.O=C1CN=C(C2=CCCCC2)c2cc(Cl)ccc2N1. The Bertz CT molecular complexity index is 1660. The van der Waals surface area contributed by atoms with E-state index < -0.39 is 18.0 Å². The van der Waals surface area contributed by atoms with Crippen molar-refractivity contribution in [2.24, 2.45) is 9.98 Å². The van der Waals surface area contributed by atoms with Crippen LogP contribution in [0, 0.1) is 5.82 Å². The van der Waals surface area contributed by atoms with E-state index in [0.29, 0.717) is 21.3 Å². The summed E-state index contributed by atoms with van der Waals surface area (Å²) in [4.78, 5) is 33.8. The number of β-amino-alcohol motifs (C(OH)–C–C–N with tert-alkyl or cyclic N) is 1. The number of allylic oxidation sites excluding steroid dienone is 2. The van der Waals surface area contributed by atoms with Crippen LogP contribution in [0.3, 0.4) is 0 Å². The molecule has 6 rings (SSSR count). The molecule has 1 aliphatic carbocycles. The monoisotopic (exact) mass is 622 g/mol. The van der Waals surface area contributed by atoms with E-state index in [1.54, 1.807) is 30.3 Å². The second kappa shape index (κ2) is 13.6. The summed E-state index contributed by atoms with van der Waals surface area (Å²) in [5.74, 6) is -1.30. The number of nitrogens with one attached hydrogen (secondary N) is 1. The molecule has 222 valence electrons. The fourth-order valence-electron chi connectivity index (χ4n) is 5.21. The fraction of sp³-hybridized carbons (Fsp3) is 0.250. The number of fused-ring (bicyclic) bond motifs is 2. The van der Waals surface area contributed by atoms with Crippen LogP contribution < -0.4 is 10.2 Å². The number of aliphatic hydroxyl groups is 2. The van der Waals surface area contributed by atoms with Gasteiger partial charge in [-0.1, -0.05) is 41.4 Å². The molecule has 1 atom stereocenters. The number of rotatable bonds is 4. The first-order chi connectivity index (χ1) is 20.8. The van der Waals surface area contributed by atoms with Crippen LogP contribution in [0.4, 0.5) is 15.8 Å². The predicted octanol–water partition coefficient (Wildman–Crippen LogP) is 5.56. The lowest BCUT2D eigenvalue weighted by molar-refractivity contribution is -0.126. The van der Waals surface area contributed by atoms with Gasteiger partial charge in [0.15, 0.2) is 0 Å². The first-order valence-electron chi connectivity index (χ1n) is 13.8. The number of benzene rings is 3. The Hall–Kier alpha value is -3.89. The molecule has 43 heavy (non-hydrogen) atoms. The quantitative estimate of drug-likeness (QED) is 0.353. The van der Waals surface area contributed by atoms with E-state index in [0.717, 1.165) is 29.8 Å². The summed E-state index contributed by atoms with van der Waals surface area (Å²) in [6.07, 6.45) is 5.07. The Kier molecular flexibility index (Phi) is 9.67. The molecule has 0 radical (unpaired) electrons. The summed E-state index contributed by atoms with van der Waals surface area (Å²) in [5.41, 5.74) is 5.00. The van der Waals surface area contributed by atoms with Crippen molar-refractivity contribution in [3.05, 3.63) is 105 Å². The van der Waals surface area contributed by atoms with Crippen LogP contribution in [0.15, 0.2) is 82.3 Å². The van der Waals surface area contributed by atoms with Gasteiger partial charge < -0.3 is 20.4 Å². The largest absolute Gasteiger partial charge is 0.395 e. The number of aliphatic imine (C=N–C) groups is 2. The third kappa shape index (κ3) is 6.86. The summed E-state index contributed by atoms with van der Waals surface area (Å²) in [6, 6.07) is 16.2. The van der Waals surface area contributed by atoms with Gasteiger partial charge in [0.25, 0.3) is 5.91 Å². The zero-order valence-corrected chi connectivity index (χ0v) is 24.6. The molecule has 11 heteroatoms. The van der Waals surface area contributed by atoms with E-state index in [9.17, 15) is 24.2 Å². The minimum absolute atomic E-state index is 0.0232. The average Bonchev–Trinajstić information content (AvgIpc) is 3.22. The lowest BCUT2D eigenvalue weighted by Crippen LogP contribution is -2.39. The lowest BCUT2D eigenvalue weighted by atomic mass is 9.91. The van der Waals surface area contributed by atoms with Gasteiger partial charge in [-0.2, -0.15) is 0 Å². The summed E-state index contributed by atoms with van der Waals surface area (Å²) in [6.45, 7) is -0.140. The molecule has 0 bridgehead atoms. The molecule has 0 saturated heterocycles. The number of carbonyl (C=O) groups is 2. The number of halogens is 3. The zero-order chi connectivity index (χ0) is 30.5. The minimum Gasteiger partial charge on any atom is -0.395 e. The fourth-order valence-corrected chi connectivity index (χ4v) is 5.56. The number of benzodiazepines with no additional fused rings is 2. The third-order valence-corrected chi connectivity index (χ3v) is 7.65. The van der Waals surface area contributed by atoms with Gasteiger partial charge in [-0.05, 0) is 79.8 Å². The molecule has 3 aliphatic rings. The van der Waals surface area contributed by atoms with Crippen molar-refractivity contribution in [1.29, 1.82) is 0 Å². The van der Waals surface area contributed by atoms with Gasteiger partial charge in [-0.15, -0.1) is 0 Å². The molecular weight excluding hydrogens is 594 g/mol. The van der Waals surface area contributed by atoms with E-state index >= 15 is 0 Å². The van der Waals surface area contributed by atoms with Gasteiger partial charge in [0, 0.05) is 33.3 Å². The maximum absolute atomic E-state index is 14.2. The molecule has 0 fully saturated rings. The average molecular weight is 624 g/mol. The highest BCUT2D eigenvalue weighted by Gasteiger charge is 2.31. The molecule has 2 aliphatic heterocycles. The Morgan fingerprint density at radius 3 is 2.42 bits per heavy atom. The van der Waals surface area contributed by atoms with E-state index in [4.69, 9.17) is 23.2 Å². The molecule has 1 unspecified atom stereocenters. The van der Waals surface area contributed by atoms with Crippen molar-refractivity contribution < 1.29 is 24.2 Å². The highest BCUT2D eigenvalue weighted by atomic mass is 35.5. The number of amides is 2. The molecule has 3 aromatic rings. The molecule has 0 saturated carbocycles. The van der Waals surface area contributed by atoms with Crippen LogP contribution in [-0.4, -0.2) is 59.4 Å². The minimum atomic E-state index is -1.70. The van der Waals surface area contributed by atoms with Crippen molar-refractivity contribution in [3.8, 4) is 0 Å². The first kappa shape index (κ1) is 30.6. The maximum atomic E-state index is 14.2. The van der Waals surface area contributed by atoms with Crippen molar-refractivity contribution in [1.82, 2.24) is 0 Å². The van der Waals surface area contributed by atoms with E-state index in [2.05, 4.69) is 21.4 Å². The summed E-state index contributed by atoms with van der Waals surface area (Å²) >= 11 is 12.1. The zero-order valence-electron chi connectivity index (χ0n) is 23.1. The number of nitrogens with zero attached hydrogens (tertiary/aromatic N) is 3. The molecule has 0 spiro atoms. The Balaban J connectivity index is 0.000000176. The number of hydrogen-bond donors (Lipinski definition) is 3. The Morgan fingerprint density at radius 2 is 1.70 bits per heavy atom. The molecule has 0 aromatic heterocycles. The molecule has 3 aromatic carbocycles. The van der Waals surface area contributed by atoms with Crippen molar-refractivity contribution in [2.75, 3.05) is 29.9 Å². The lowest BCUT2D eigenvalue weighted by Gasteiger charge is -2.23. The van der Waals surface area contributed by atoms with Crippen LogP contribution in [-0.2, 0) is 9.59 Å². The van der Waals surface area contributed by atoms with Crippen LogP contribution in [0.2, 0.25) is 10.0 Å². The normalized spacial score (nSPS) is 18.0. The standard InChI is InChI=1S/C17H14ClFN2O3.C15H15ClN2O/c18-10-5-6-14-12(9-10)15(11-3-1-2-4-13(11)19)20-16(23)17(24)21(14)7-8-22;16-11-6-7-13-12(8-11)15(17-9-14(19)18-13)10-4-2-1-3-5-10/h1-6,9,16,22-23H,7-8H2;4,6-8H,1-3,5,9H2,(H,18,19). The Labute approximate surface area is 258 Å². The molecule has 2 heterocycles. The number of carbonyl (C=O) groups excluding carboxylic acids is 2. The van der Waals surface area contributed by atoms with Crippen molar-refractivity contribution >= 4 is 57.8 Å². The number of anilines is 2. The summed E-state index contributed by atoms with van der Waals surface area (Å²) < 4.78 is 14.2. The second-order valence-electron chi connectivity index (χ2n) is 10.1. The van der Waals surface area contributed by atoms with Crippen LogP contribution in [0.5, 0.6) is 0 Å². The highest BCUT2D eigenvalue weighted by Crippen LogP contribution is 2.32. The highest BCUT2D eigenvalue weighted by molar-refractivity contribution is 6.32. The van der Waals surface area contributed by atoms with Crippen LogP contribution >= 0.6 is 23.2 Å². The molecule has 3 N–H and O–H groups in total. The smallest absolute Gasteiger partial charge is 0.278 e. The van der Waals surface area contributed by atoms with E-state index in [1.165, 1.54) is 41.5 Å². The van der Waals surface area contributed by atoms with Gasteiger partial charge in [0.05, 0.1) is 29.4 Å². The third-order valence-electron chi connectivity index (χ3n) is 7.18. The molecule has 2 amide bonds.